The third-order valence-corrected chi connectivity index (χ3v) is 3.52. The number of nitrogens with two attached hydrogens (primary N) is 1. The van der Waals surface area contributed by atoms with Crippen LogP contribution in [0.25, 0.3) is 22.4 Å². The van der Waals surface area contributed by atoms with Gasteiger partial charge < -0.3 is 5.73 Å². The molecule has 3 rings (SSSR count). The molecule has 3 aromatic rings. The minimum Gasteiger partial charge on any atom is -0.383 e. The molecule has 0 spiro atoms. The third kappa shape index (κ3) is 2.27. The van der Waals surface area contributed by atoms with Crippen molar-refractivity contribution in [3.8, 4) is 22.4 Å². The van der Waals surface area contributed by atoms with Gasteiger partial charge in [0.25, 0.3) is 0 Å². The van der Waals surface area contributed by atoms with Crippen LogP contribution in [0.3, 0.4) is 0 Å². The predicted octanol–water partition coefficient (Wildman–Crippen LogP) is 3.18. The van der Waals surface area contributed by atoms with E-state index in [2.05, 4.69) is 10.1 Å². The number of pyridine rings is 1. The molecule has 1 aromatic carbocycles. The molecule has 0 aliphatic rings. The Labute approximate surface area is 122 Å². The van der Waals surface area contributed by atoms with E-state index < -0.39 is 0 Å². The van der Waals surface area contributed by atoms with Crippen LogP contribution in [0.15, 0.2) is 42.7 Å². The number of aromatic nitrogens is 3. The highest BCUT2D eigenvalue weighted by atomic mass is 19.1. The van der Waals surface area contributed by atoms with Crippen molar-refractivity contribution in [2.24, 2.45) is 7.05 Å². The molecule has 106 valence electrons. The molecular weight excluding hydrogens is 267 g/mol. The quantitative estimate of drug-likeness (QED) is 0.785. The predicted molar refractivity (Wildman–Crippen MR) is 81.0 cm³/mol. The lowest BCUT2D eigenvalue weighted by atomic mass is 9.98. The Hall–Kier alpha value is -2.69. The van der Waals surface area contributed by atoms with E-state index in [0.717, 1.165) is 22.3 Å². The van der Waals surface area contributed by atoms with Crippen LogP contribution >= 0.6 is 0 Å². The summed E-state index contributed by atoms with van der Waals surface area (Å²) in [5.74, 6) is 0.250. The lowest BCUT2D eigenvalue weighted by Crippen LogP contribution is -1.97. The molecule has 5 heteroatoms. The topological polar surface area (TPSA) is 56.7 Å². The Morgan fingerprint density at radius 2 is 1.86 bits per heavy atom. The van der Waals surface area contributed by atoms with E-state index in [-0.39, 0.29) is 5.82 Å². The van der Waals surface area contributed by atoms with Gasteiger partial charge in [0.05, 0.1) is 5.56 Å². The standard InChI is InChI=1S/C16H15FN4/c1-10-3-4-12(17)9-13(10)15-14(16(18)21(2)20-15)11-5-7-19-8-6-11/h3-9H,18H2,1-2H3. The van der Waals surface area contributed by atoms with Crippen molar-refractivity contribution in [3.05, 3.63) is 54.1 Å². The Bertz CT molecular complexity index is 794. The van der Waals surface area contributed by atoms with Crippen LogP contribution in [0.1, 0.15) is 5.56 Å². The molecule has 21 heavy (non-hydrogen) atoms. The van der Waals surface area contributed by atoms with Crippen molar-refractivity contribution in [1.29, 1.82) is 0 Å². The van der Waals surface area contributed by atoms with Crippen molar-refractivity contribution in [2.75, 3.05) is 5.73 Å². The summed E-state index contributed by atoms with van der Waals surface area (Å²) in [4.78, 5) is 4.01. The zero-order valence-electron chi connectivity index (χ0n) is 11.8. The van der Waals surface area contributed by atoms with Crippen molar-refractivity contribution < 1.29 is 4.39 Å². The molecular formula is C16H15FN4. The Kier molecular flexibility index (Phi) is 3.17. The molecule has 2 aromatic heterocycles. The molecule has 0 radical (unpaired) electrons. The summed E-state index contributed by atoms with van der Waals surface area (Å²) in [5, 5.41) is 4.46. The number of rotatable bonds is 2. The van der Waals surface area contributed by atoms with Gasteiger partial charge in [-0.3, -0.25) is 9.67 Å². The molecule has 0 bridgehead atoms. The number of nitrogen functional groups attached to an aromatic ring is 1. The second kappa shape index (κ2) is 5.01. The van der Waals surface area contributed by atoms with E-state index in [9.17, 15) is 4.39 Å². The summed E-state index contributed by atoms with van der Waals surface area (Å²) in [6.45, 7) is 1.93. The van der Waals surface area contributed by atoms with Crippen LogP contribution in [-0.4, -0.2) is 14.8 Å². The molecule has 0 saturated carbocycles. The first-order valence-corrected chi connectivity index (χ1v) is 6.57. The first-order valence-electron chi connectivity index (χ1n) is 6.57. The second-order valence-corrected chi connectivity index (χ2v) is 4.93. The summed E-state index contributed by atoms with van der Waals surface area (Å²) in [7, 11) is 1.78. The summed E-state index contributed by atoms with van der Waals surface area (Å²) >= 11 is 0. The number of halogens is 1. The number of benzene rings is 1. The molecule has 2 N–H and O–H groups in total. The fraction of sp³-hybridized carbons (Fsp3) is 0.125. The van der Waals surface area contributed by atoms with Gasteiger partial charge in [0, 0.05) is 25.0 Å². The Morgan fingerprint density at radius 1 is 1.14 bits per heavy atom. The van der Waals surface area contributed by atoms with Crippen LogP contribution < -0.4 is 5.73 Å². The smallest absolute Gasteiger partial charge is 0.129 e. The van der Waals surface area contributed by atoms with Gasteiger partial charge in [0.15, 0.2) is 0 Å². The molecule has 0 saturated heterocycles. The van der Waals surface area contributed by atoms with Crippen LogP contribution in [0.5, 0.6) is 0 Å². The largest absolute Gasteiger partial charge is 0.383 e. The number of anilines is 1. The van der Waals surface area contributed by atoms with Crippen LogP contribution in [0.4, 0.5) is 10.2 Å². The van der Waals surface area contributed by atoms with Gasteiger partial charge >= 0.3 is 0 Å². The zero-order chi connectivity index (χ0) is 15.0. The van der Waals surface area contributed by atoms with Gasteiger partial charge in [-0.25, -0.2) is 4.39 Å². The van der Waals surface area contributed by atoms with Crippen molar-refractivity contribution >= 4 is 5.82 Å². The SMILES string of the molecule is Cc1ccc(F)cc1-c1nn(C)c(N)c1-c1ccncc1. The maximum atomic E-state index is 13.6. The lowest BCUT2D eigenvalue weighted by molar-refractivity contribution is 0.627. The first-order chi connectivity index (χ1) is 10.1. The maximum absolute atomic E-state index is 13.6. The summed E-state index contributed by atoms with van der Waals surface area (Å²) in [5.41, 5.74) is 10.2. The van der Waals surface area contributed by atoms with Crippen molar-refractivity contribution in [2.45, 2.75) is 6.92 Å². The monoisotopic (exact) mass is 282 g/mol. The number of aryl methyl sites for hydroxylation is 2. The van der Waals surface area contributed by atoms with Gasteiger partial charge in [0.1, 0.15) is 17.3 Å². The van der Waals surface area contributed by atoms with E-state index in [4.69, 9.17) is 5.73 Å². The van der Waals surface area contributed by atoms with E-state index in [1.165, 1.54) is 12.1 Å². The molecule has 0 fully saturated rings. The Morgan fingerprint density at radius 3 is 2.57 bits per heavy atom. The normalized spacial score (nSPS) is 10.8. The van der Waals surface area contributed by atoms with Gasteiger partial charge in [-0.2, -0.15) is 5.10 Å². The first kappa shape index (κ1) is 13.3. The second-order valence-electron chi connectivity index (χ2n) is 4.93. The fourth-order valence-electron chi connectivity index (χ4n) is 2.38. The van der Waals surface area contributed by atoms with Crippen molar-refractivity contribution in [1.82, 2.24) is 14.8 Å². The lowest BCUT2D eigenvalue weighted by Gasteiger charge is -2.07. The minimum atomic E-state index is -0.291. The highest BCUT2D eigenvalue weighted by Gasteiger charge is 2.19. The van der Waals surface area contributed by atoms with Crippen LogP contribution in [0.2, 0.25) is 0 Å². The summed E-state index contributed by atoms with van der Waals surface area (Å²) in [6, 6.07) is 8.40. The van der Waals surface area contributed by atoms with E-state index >= 15 is 0 Å². The van der Waals surface area contributed by atoms with E-state index in [1.54, 1.807) is 30.2 Å². The fourth-order valence-corrected chi connectivity index (χ4v) is 2.38. The van der Waals surface area contributed by atoms with Crippen LogP contribution in [0, 0.1) is 12.7 Å². The highest BCUT2D eigenvalue weighted by molar-refractivity contribution is 5.88. The summed E-state index contributed by atoms with van der Waals surface area (Å²) < 4.78 is 15.2. The van der Waals surface area contributed by atoms with E-state index in [1.807, 2.05) is 19.1 Å². The van der Waals surface area contributed by atoms with E-state index in [0.29, 0.717) is 11.5 Å². The van der Waals surface area contributed by atoms with Gasteiger partial charge in [-0.05, 0) is 42.3 Å². The third-order valence-electron chi connectivity index (χ3n) is 3.52. The average molecular weight is 282 g/mol. The minimum absolute atomic E-state index is 0.291. The zero-order valence-corrected chi connectivity index (χ0v) is 11.8. The molecule has 0 aliphatic heterocycles. The molecule has 0 unspecified atom stereocenters. The summed E-state index contributed by atoms with van der Waals surface area (Å²) in [6.07, 6.45) is 3.40. The molecule has 2 heterocycles. The number of nitrogens with zero attached hydrogens (tertiary/aromatic N) is 3. The van der Waals surface area contributed by atoms with Crippen LogP contribution in [-0.2, 0) is 7.05 Å². The Balaban J connectivity index is 2.29. The van der Waals surface area contributed by atoms with Gasteiger partial charge in [0.2, 0.25) is 0 Å². The average Bonchev–Trinajstić information content (AvgIpc) is 2.78. The number of hydrogen-bond donors (Lipinski definition) is 1. The molecule has 0 amide bonds. The van der Waals surface area contributed by atoms with Gasteiger partial charge in [-0.1, -0.05) is 6.07 Å². The van der Waals surface area contributed by atoms with Gasteiger partial charge in [-0.15, -0.1) is 0 Å². The highest BCUT2D eigenvalue weighted by Crippen LogP contribution is 2.37. The molecule has 4 nitrogen and oxygen atoms in total. The molecule has 0 atom stereocenters. The van der Waals surface area contributed by atoms with Crippen molar-refractivity contribution in [3.63, 3.8) is 0 Å². The number of hydrogen-bond acceptors (Lipinski definition) is 3. The maximum Gasteiger partial charge on any atom is 0.129 e. The molecule has 0 aliphatic carbocycles.